The molecule has 0 bridgehead atoms. The third-order valence-corrected chi connectivity index (χ3v) is 3.49. The van der Waals surface area contributed by atoms with Gasteiger partial charge in [0.1, 0.15) is 18.5 Å². The van der Waals surface area contributed by atoms with Crippen molar-refractivity contribution < 1.29 is 9.13 Å². The van der Waals surface area contributed by atoms with Crippen LogP contribution in [0, 0.1) is 0 Å². The van der Waals surface area contributed by atoms with E-state index < -0.39 is 6.17 Å². The second-order valence-electron chi connectivity index (χ2n) is 5.46. The summed E-state index contributed by atoms with van der Waals surface area (Å²) >= 11 is 0. The van der Waals surface area contributed by atoms with Crippen LogP contribution in [-0.4, -0.2) is 12.8 Å². The number of alkyl halides is 1. The van der Waals surface area contributed by atoms with Gasteiger partial charge in [-0.15, -0.1) is 0 Å². The van der Waals surface area contributed by atoms with Crippen molar-refractivity contribution in [2.24, 2.45) is 0 Å². The fourth-order valence-electron chi connectivity index (χ4n) is 2.23. The number of allylic oxidation sites excluding steroid dienone is 1. The first-order valence-electron chi connectivity index (χ1n) is 8.30. The Bertz CT molecular complexity index is 400. The monoisotopic (exact) mass is 292 g/mol. The molecule has 0 N–H and O–H groups in total. The van der Waals surface area contributed by atoms with Gasteiger partial charge in [0.15, 0.2) is 0 Å². The highest BCUT2D eigenvalue weighted by atomic mass is 19.1. The van der Waals surface area contributed by atoms with Gasteiger partial charge >= 0.3 is 0 Å². The summed E-state index contributed by atoms with van der Waals surface area (Å²) in [5.74, 6) is 0.774. The molecular weight excluding hydrogens is 263 g/mol. The quantitative estimate of drug-likeness (QED) is 0.442. The normalized spacial score (nSPS) is 12.7. The van der Waals surface area contributed by atoms with E-state index >= 15 is 0 Å². The Morgan fingerprint density at radius 1 is 1.10 bits per heavy atom. The first-order valence-corrected chi connectivity index (χ1v) is 8.30. The fourth-order valence-corrected chi connectivity index (χ4v) is 2.23. The predicted octanol–water partition coefficient (Wildman–Crippen LogP) is 6.19. The van der Waals surface area contributed by atoms with E-state index in [1.165, 1.54) is 19.3 Å². The van der Waals surface area contributed by atoms with Crippen LogP contribution in [0.3, 0.4) is 0 Å². The third-order valence-electron chi connectivity index (χ3n) is 3.49. The summed E-state index contributed by atoms with van der Waals surface area (Å²) in [6, 6.07) is 7.81. The zero-order valence-electron chi connectivity index (χ0n) is 13.5. The largest absolute Gasteiger partial charge is 0.490 e. The maximum absolute atomic E-state index is 13.8. The predicted molar refractivity (Wildman–Crippen MR) is 89.5 cm³/mol. The van der Waals surface area contributed by atoms with Gasteiger partial charge in [0.2, 0.25) is 0 Å². The Labute approximate surface area is 129 Å². The van der Waals surface area contributed by atoms with Gasteiger partial charge < -0.3 is 4.74 Å². The molecule has 21 heavy (non-hydrogen) atoms. The Kier molecular flexibility index (Phi) is 9.60. The van der Waals surface area contributed by atoms with E-state index in [1.807, 2.05) is 30.3 Å². The van der Waals surface area contributed by atoms with E-state index in [4.69, 9.17) is 4.74 Å². The molecule has 1 aromatic carbocycles. The minimum Gasteiger partial charge on any atom is -0.490 e. The first kappa shape index (κ1) is 17.7. The molecule has 1 aromatic rings. The van der Waals surface area contributed by atoms with Crippen LogP contribution >= 0.6 is 0 Å². The minimum absolute atomic E-state index is 0.157. The smallest absolute Gasteiger partial charge is 0.134 e. The van der Waals surface area contributed by atoms with Gasteiger partial charge in [-0.3, -0.25) is 0 Å². The van der Waals surface area contributed by atoms with Crippen molar-refractivity contribution in [1.82, 2.24) is 0 Å². The van der Waals surface area contributed by atoms with Crippen LogP contribution in [0.2, 0.25) is 0 Å². The van der Waals surface area contributed by atoms with Gasteiger partial charge in [-0.05, 0) is 18.9 Å². The number of para-hydroxylation sites is 1. The molecule has 1 rings (SSSR count). The van der Waals surface area contributed by atoms with E-state index in [0.29, 0.717) is 6.42 Å². The number of benzene rings is 1. The van der Waals surface area contributed by atoms with E-state index in [2.05, 4.69) is 19.9 Å². The van der Waals surface area contributed by atoms with Gasteiger partial charge in [-0.2, -0.15) is 0 Å². The van der Waals surface area contributed by atoms with Gasteiger partial charge in [-0.1, -0.05) is 76.3 Å². The van der Waals surface area contributed by atoms with E-state index in [-0.39, 0.29) is 6.61 Å². The lowest BCUT2D eigenvalue weighted by atomic mass is 10.1. The SMILES string of the molecule is CCC=Cc1ccccc1OCC(F)CCCCCCC. The first-order chi connectivity index (χ1) is 10.3. The summed E-state index contributed by atoms with van der Waals surface area (Å²) in [4.78, 5) is 0. The zero-order valence-corrected chi connectivity index (χ0v) is 13.5. The van der Waals surface area contributed by atoms with Crippen molar-refractivity contribution in [1.29, 1.82) is 0 Å². The van der Waals surface area contributed by atoms with Crippen molar-refractivity contribution in [3.63, 3.8) is 0 Å². The average Bonchev–Trinajstić information content (AvgIpc) is 2.51. The molecule has 1 atom stereocenters. The Morgan fingerprint density at radius 3 is 2.62 bits per heavy atom. The van der Waals surface area contributed by atoms with Crippen molar-refractivity contribution >= 4 is 6.08 Å². The maximum atomic E-state index is 13.8. The van der Waals surface area contributed by atoms with E-state index in [1.54, 1.807) is 0 Å². The van der Waals surface area contributed by atoms with Gasteiger partial charge in [-0.25, -0.2) is 4.39 Å². The van der Waals surface area contributed by atoms with Crippen LogP contribution in [0.1, 0.15) is 64.4 Å². The van der Waals surface area contributed by atoms with Crippen LogP contribution in [0.4, 0.5) is 4.39 Å². The van der Waals surface area contributed by atoms with Crippen LogP contribution in [0.15, 0.2) is 30.3 Å². The summed E-state index contributed by atoms with van der Waals surface area (Å²) in [5.41, 5.74) is 1.02. The van der Waals surface area contributed by atoms with Gasteiger partial charge in [0.25, 0.3) is 0 Å². The molecule has 0 aliphatic heterocycles. The number of halogens is 1. The van der Waals surface area contributed by atoms with Crippen LogP contribution in [0.5, 0.6) is 5.75 Å². The molecule has 1 unspecified atom stereocenters. The van der Waals surface area contributed by atoms with Crippen molar-refractivity contribution in [2.75, 3.05) is 6.61 Å². The standard InChI is InChI=1S/C19H29FO/c1-3-5-7-8-9-14-18(20)16-21-19-15-11-10-13-17(19)12-6-4-2/h6,10-13,15,18H,3-5,7-9,14,16H2,1-2H3. The summed E-state index contributed by atoms with van der Waals surface area (Å²) in [6.07, 6.45) is 10.6. The molecule has 0 heterocycles. The molecule has 0 aliphatic carbocycles. The zero-order chi connectivity index (χ0) is 15.3. The molecule has 0 fully saturated rings. The van der Waals surface area contributed by atoms with Crippen molar-refractivity contribution in [3.8, 4) is 5.75 Å². The molecular formula is C19H29FO. The fraction of sp³-hybridized carbons (Fsp3) is 0.579. The highest BCUT2D eigenvalue weighted by molar-refractivity contribution is 5.56. The Balaban J connectivity index is 2.32. The second kappa shape index (κ2) is 11.4. The number of unbranched alkanes of at least 4 members (excludes halogenated alkanes) is 4. The molecule has 0 saturated carbocycles. The van der Waals surface area contributed by atoms with E-state index in [0.717, 1.165) is 30.6 Å². The molecule has 118 valence electrons. The molecule has 0 amide bonds. The number of rotatable bonds is 11. The van der Waals surface area contributed by atoms with Crippen LogP contribution < -0.4 is 4.74 Å². The third kappa shape index (κ3) is 7.89. The maximum Gasteiger partial charge on any atom is 0.134 e. The van der Waals surface area contributed by atoms with Gasteiger partial charge in [0, 0.05) is 5.56 Å². The molecule has 0 aliphatic rings. The van der Waals surface area contributed by atoms with E-state index in [9.17, 15) is 4.39 Å². The molecule has 0 saturated heterocycles. The number of ether oxygens (including phenoxy) is 1. The molecule has 1 nitrogen and oxygen atoms in total. The van der Waals surface area contributed by atoms with Crippen LogP contribution in [-0.2, 0) is 0 Å². The lowest BCUT2D eigenvalue weighted by molar-refractivity contribution is 0.183. The molecule has 0 aromatic heterocycles. The molecule has 0 spiro atoms. The molecule has 2 heteroatoms. The molecule has 0 radical (unpaired) electrons. The average molecular weight is 292 g/mol. The number of hydrogen-bond donors (Lipinski definition) is 0. The second-order valence-corrected chi connectivity index (χ2v) is 5.46. The lowest BCUT2D eigenvalue weighted by Crippen LogP contribution is -2.13. The summed E-state index contributed by atoms with van der Waals surface area (Å²) in [7, 11) is 0. The van der Waals surface area contributed by atoms with Gasteiger partial charge in [0.05, 0.1) is 0 Å². The Hall–Kier alpha value is -1.31. The summed E-state index contributed by atoms with van der Waals surface area (Å²) < 4.78 is 19.5. The van der Waals surface area contributed by atoms with Crippen LogP contribution in [0.25, 0.3) is 6.08 Å². The highest BCUT2D eigenvalue weighted by Crippen LogP contribution is 2.20. The Morgan fingerprint density at radius 2 is 1.86 bits per heavy atom. The van der Waals surface area contributed by atoms with Crippen molar-refractivity contribution in [3.05, 3.63) is 35.9 Å². The number of hydrogen-bond acceptors (Lipinski definition) is 1. The topological polar surface area (TPSA) is 9.23 Å². The lowest BCUT2D eigenvalue weighted by Gasteiger charge is -2.12. The minimum atomic E-state index is -0.866. The summed E-state index contributed by atoms with van der Waals surface area (Å²) in [5, 5.41) is 0. The highest BCUT2D eigenvalue weighted by Gasteiger charge is 2.08. The summed E-state index contributed by atoms with van der Waals surface area (Å²) in [6.45, 7) is 4.44. The van der Waals surface area contributed by atoms with Crippen molar-refractivity contribution in [2.45, 2.75) is 65.0 Å².